The van der Waals surface area contributed by atoms with Crippen molar-refractivity contribution >= 4 is 29.2 Å². The Hall–Kier alpha value is -2.27. The normalized spacial score (nSPS) is 10.2. The minimum absolute atomic E-state index is 0.0706. The Balaban J connectivity index is 2.36. The van der Waals surface area contributed by atoms with Crippen molar-refractivity contribution < 1.29 is 19.1 Å². The molecular weight excluding hydrogens is 270 g/mol. The van der Waals surface area contributed by atoms with Crippen LogP contribution < -0.4 is 4.90 Å². The lowest BCUT2D eigenvalue weighted by atomic mass is 10.2. The molecule has 0 aliphatic rings. The smallest absolute Gasteiger partial charge is 0.323 e. The van der Waals surface area contributed by atoms with E-state index < -0.39 is 18.4 Å². The lowest BCUT2D eigenvalue weighted by molar-refractivity contribution is -0.135. The average molecular weight is 280 g/mol. The topological polar surface area (TPSA) is 70.8 Å². The van der Waals surface area contributed by atoms with Crippen LogP contribution in [-0.4, -0.2) is 23.5 Å². The van der Waals surface area contributed by atoms with Crippen LogP contribution in [-0.2, 0) is 4.79 Å². The minimum Gasteiger partial charge on any atom is -0.480 e. The molecule has 0 aliphatic carbocycles. The van der Waals surface area contributed by atoms with Gasteiger partial charge >= 0.3 is 5.97 Å². The molecule has 0 atom stereocenters. The van der Waals surface area contributed by atoms with E-state index in [4.69, 9.17) is 21.1 Å². The second-order valence-corrected chi connectivity index (χ2v) is 4.18. The summed E-state index contributed by atoms with van der Waals surface area (Å²) in [5, 5.41) is 9.32. The summed E-state index contributed by atoms with van der Waals surface area (Å²) in [5.41, 5.74) is 0.399. The third-order valence-corrected chi connectivity index (χ3v) is 2.63. The van der Waals surface area contributed by atoms with Gasteiger partial charge in [-0.1, -0.05) is 17.7 Å². The van der Waals surface area contributed by atoms with Crippen LogP contribution in [0.2, 0.25) is 5.02 Å². The Morgan fingerprint density at radius 3 is 2.63 bits per heavy atom. The maximum Gasteiger partial charge on any atom is 0.323 e. The first-order chi connectivity index (χ1) is 9.08. The SMILES string of the molecule is O=C(O)CN(C(=O)c1ccco1)c1cccc(Cl)c1. The molecule has 1 heterocycles. The minimum atomic E-state index is -1.13. The largest absolute Gasteiger partial charge is 0.480 e. The Bertz CT molecular complexity index is 594. The quantitative estimate of drug-likeness (QED) is 0.934. The zero-order chi connectivity index (χ0) is 13.8. The van der Waals surface area contributed by atoms with Gasteiger partial charge in [-0.25, -0.2) is 0 Å². The number of anilines is 1. The van der Waals surface area contributed by atoms with Gasteiger partial charge < -0.3 is 9.52 Å². The third-order valence-electron chi connectivity index (χ3n) is 2.39. The summed E-state index contributed by atoms with van der Waals surface area (Å²) in [7, 11) is 0. The fraction of sp³-hybridized carbons (Fsp3) is 0.0769. The summed E-state index contributed by atoms with van der Waals surface area (Å²) >= 11 is 5.85. The van der Waals surface area contributed by atoms with Gasteiger partial charge in [-0.2, -0.15) is 0 Å². The molecule has 98 valence electrons. The molecule has 1 aromatic heterocycles. The number of amides is 1. The highest BCUT2D eigenvalue weighted by atomic mass is 35.5. The monoisotopic (exact) mass is 279 g/mol. The van der Waals surface area contributed by atoms with E-state index in [1.165, 1.54) is 18.4 Å². The molecule has 1 N–H and O–H groups in total. The van der Waals surface area contributed by atoms with Crippen molar-refractivity contribution in [3.05, 3.63) is 53.4 Å². The van der Waals surface area contributed by atoms with E-state index in [-0.39, 0.29) is 5.76 Å². The molecule has 1 amide bonds. The number of furan rings is 1. The van der Waals surface area contributed by atoms with E-state index in [0.29, 0.717) is 10.7 Å². The zero-order valence-corrected chi connectivity index (χ0v) is 10.5. The number of nitrogens with zero attached hydrogens (tertiary/aromatic N) is 1. The Morgan fingerprint density at radius 2 is 2.05 bits per heavy atom. The molecule has 0 fully saturated rings. The third kappa shape index (κ3) is 3.14. The summed E-state index contributed by atoms with van der Waals surface area (Å²) in [5.74, 6) is -1.59. The Labute approximate surface area is 114 Å². The Kier molecular flexibility index (Phi) is 3.87. The number of benzene rings is 1. The van der Waals surface area contributed by atoms with E-state index in [1.807, 2.05) is 0 Å². The van der Waals surface area contributed by atoms with Crippen LogP contribution in [0.15, 0.2) is 47.1 Å². The van der Waals surface area contributed by atoms with Crippen LogP contribution in [0.4, 0.5) is 5.69 Å². The molecule has 0 saturated carbocycles. The molecule has 6 heteroatoms. The van der Waals surface area contributed by atoms with Gasteiger partial charge in [0.25, 0.3) is 5.91 Å². The number of hydrogen-bond donors (Lipinski definition) is 1. The molecule has 1 aromatic carbocycles. The standard InChI is InChI=1S/C13H10ClNO4/c14-9-3-1-4-10(7-9)15(8-12(16)17)13(18)11-5-2-6-19-11/h1-7H,8H2,(H,16,17). The first-order valence-electron chi connectivity index (χ1n) is 5.40. The Morgan fingerprint density at radius 1 is 1.26 bits per heavy atom. The van der Waals surface area contributed by atoms with E-state index in [1.54, 1.807) is 24.3 Å². The van der Waals surface area contributed by atoms with Gasteiger partial charge in [0.15, 0.2) is 5.76 Å². The molecule has 0 saturated heterocycles. The fourth-order valence-electron chi connectivity index (χ4n) is 1.59. The lowest BCUT2D eigenvalue weighted by Gasteiger charge is -2.19. The van der Waals surface area contributed by atoms with Gasteiger partial charge in [0.1, 0.15) is 6.54 Å². The molecule has 0 aliphatic heterocycles. The van der Waals surface area contributed by atoms with Crippen LogP contribution in [0.3, 0.4) is 0 Å². The van der Waals surface area contributed by atoms with Crippen molar-refractivity contribution in [1.29, 1.82) is 0 Å². The summed E-state index contributed by atoms with van der Waals surface area (Å²) in [6, 6.07) is 9.44. The number of aliphatic carboxylic acids is 1. The number of carbonyl (C=O) groups is 2. The number of rotatable bonds is 4. The molecule has 5 nitrogen and oxygen atoms in total. The van der Waals surface area contributed by atoms with Gasteiger partial charge in [0, 0.05) is 10.7 Å². The van der Waals surface area contributed by atoms with Crippen molar-refractivity contribution in [1.82, 2.24) is 0 Å². The summed E-state index contributed by atoms with van der Waals surface area (Å²) < 4.78 is 4.99. The van der Waals surface area contributed by atoms with Crippen LogP contribution >= 0.6 is 11.6 Å². The predicted molar refractivity (Wildman–Crippen MR) is 69.5 cm³/mol. The lowest BCUT2D eigenvalue weighted by Crippen LogP contribution is -2.35. The van der Waals surface area contributed by atoms with Gasteiger partial charge in [-0.05, 0) is 30.3 Å². The predicted octanol–water partition coefficient (Wildman–Crippen LogP) is 2.66. The van der Waals surface area contributed by atoms with Gasteiger partial charge in [0.05, 0.1) is 6.26 Å². The molecule has 0 spiro atoms. The fourth-order valence-corrected chi connectivity index (χ4v) is 1.78. The number of carboxylic acid groups (broad SMARTS) is 1. The van der Waals surface area contributed by atoms with E-state index >= 15 is 0 Å². The summed E-state index contributed by atoms with van der Waals surface area (Å²) in [6.07, 6.45) is 1.35. The average Bonchev–Trinajstić information content (AvgIpc) is 2.88. The van der Waals surface area contributed by atoms with E-state index in [9.17, 15) is 9.59 Å². The summed E-state index contributed by atoms with van der Waals surface area (Å²) in [6.45, 7) is -0.472. The van der Waals surface area contributed by atoms with Crippen LogP contribution in [0, 0.1) is 0 Å². The number of carboxylic acids is 1. The second kappa shape index (κ2) is 5.58. The van der Waals surface area contributed by atoms with Crippen LogP contribution in [0.5, 0.6) is 0 Å². The molecule has 0 unspecified atom stereocenters. The molecule has 0 bridgehead atoms. The van der Waals surface area contributed by atoms with Crippen molar-refractivity contribution in [3.8, 4) is 0 Å². The zero-order valence-electron chi connectivity index (χ0n) is 9.75. The maximum atomic E-state index is 12.2. The summed E-state index contributed by atoms with van der Waals surface area (Å²) in [4.78, 5) is 24.2. The second-order valence-electron chi connectivity index (χ2n) is 3.74. The van der Waals surface area contributed by atoms with Crippen LogP contribution in [0.1, 0.15) is 10.6 Å². The van der Waals surface area contributed by atoms with Gasteiger partial charge in [-0.15, -0.1) is 0 Å². The molecule has 19 heavy (non-hydrogen) atoms. The molecular formula is C13H10ClNO4. The highest BCUT2D eigenvalue weighted by molar-refractivity contribution is 6.31. The van der Waals surface area contributed by atoms with Gasteiger partial charge in [0.2, 0.25) is 0 Å². The van der Waals surface area contributed by atoms with Gasteiger partial charge in [-0.3, -0.25) is 14.5 Å². The number of hydrogen-bond acceptors (Lipinski definition) is 3. The van der Waals surface area contributed by atoms with Crippen LogP contribution in [0.25, 0.3) is 0 Å². The molecule has 0 radical (unpaired) electrons. The first kappa shape index (κ1) is 13.2. The molecule has 2 rings (SSSR count). The van der Waals surface area contributed by atoms with Crippen molar-refractivity contribution in [2.24, 2.45) is 0 Å². The number of carbonyl (C=O) groups excluding carboxylic acids is 1. The highest BCUT2D eigenvalue weighted by Gasteiger charge is 2.22. The first-order valence-corrected chi connectivity index (χ1v) is 5.78. The molecule has 2 aromatic rings. The highest BCUT2D eigenvalue weighted by Crippen LogP contribution is 2.21. The van der Waals surface area contributed by atoms with E-state index in [0.717, 1.165) is 4.90 Å². The number of halogens is 1. The maximum absolute atomic E-state index is 12.2. The van der Waals surface area contributed by atoms with Crippen molar-refractivity contribution in [2.45, 2.75) is 0 Å². The van der Waals surface area contributed by atoms with Crippen molar-refractivity contribution in [2.75, 3.05) is 11.4 Å². The van der Waals surface area contributed by atoms with E-state index in [2.05, 4.69) is 0 Å². The van der Waals surface area contributed by atoms with Crippen molar-refractivity contribution in [3.63, 3.8) is 0 Å².